The van der Waals surface area contributed by atoms with Crippen molar-refractivity contribution in [2.75, 3.05) is 54.0 Å². The normalized spacial score (nSPS) is 17.3. The third-order valence-corrected chi connectivity index (χ3v) is 6.10. The first kappa shape index (κ1) is 21.9. The molecule has 2 aliphatic heterocycles. The summed E-state index contributed by atoms with van der Waals surface area (Å²) in [6.07, 6.45) is 0.619. The maximum absolute atomic E-state index is 13.5. The number of carbonyl (C=O) groups excluding carboxylic acids is 2. The van der Waals surface area contributed by atoms with Crippen molar-refractivity contribution in [3.05, 3.63) is 65.4 Å². The van der Waals surface area contributed by atoms with Gasteiger partial charge in [0, 0.05) is 32.7 Å². The van der Waals surface area contributed by atoms with E-state index < -0.39 is 0 Å². The van der Waals surface area contributed by atoms with Gasteiger partial charge in [-0.15, -0.1) is 0 Å². The second-order valence-electron chi connectivity index (χ2n) is 8.08. The van der Waals surface area contributed by atoms with Gasteiger partial charge in [-0.05, 0) is 36.7 Å². The molecular formula is C25H29N3O4. The van der Waals surface area contributed by atoms with Crippen molar-refractivity contribution in [2.24, 2.45) is 0 Å². The number of nitrogens with zero attached hydrogens (tertiary/aromatic N) is 3. The van der Waals surface area contributed by atoms with Crippen molar-refractivity contribution in [1.29, 1.82) is 0 Å². The van der Waals surface area contributed by atoms with Gasteiger partial charge in [0.2, 0.25) is 0 Å². The zero-order valence-corrected chi connectivity index (χ0v) is 18.8. The predicted molar refractivity (Wildman–Crippen MR) is 122 cm³/mol. The SMILES string of the molecule is COc1ccc(C2=C(N3CCN(C)CC3)C(=O)N(CCc3ccccc3)C2=O)cc1OC. The summed E-state index contributed by atoms with van der Waals surface area (Å²) >= 11 is 0. The number of benzene rings is 2. The quantitative estimate of drug-likeness (QED) is 0.622. The number of amides is 2. The molecule has 7 nitrogen and oxygen atoms in total. The standard InChI is InChI=1S/C25H29N3O4/c1-26-13-15-27(16-14-26)23-22(19-9-10-20(31-2)21(17-19)32-3)24(29)28(25(23)30)12-11-18-7-5-4-6-8-18/h4-10,17H,11-16H2,1-3H3. The van der Waals surface area contributed by atoms with E-state index in [1.807, 2.05) is 36.4 Å². The molecule has 4 rings (SSSR count). The molecule has 2 aromatic carbocycles. The topological polar surface area (TPSA) is 62.3 Å². The Labute approximate surface area is 188 Å². The summed E-state index contributed by atoms with van der Waals surface area (Å²) in [5.41, 5.74) is 2.68. The van der Waals surface area contributed by atoms with Gasteiger partial charge >= 0.3 is 0 Å². The van der Waals surface area contributed by atoms with Crippen molar-refractivity contribution < 1.29 is 19.1 Å². The maximum Gasteiger partial charge on any atom is 0.277 e. The molecule has 168 valence electrons. The summed E-state index contributed by atoms with van der Waals surface area (Å²) in [5, 5.41) is 0. The highest BCUT2D eigenvalue weighted by molar-refractivity contribution is 6.35. The van der Waals surface area contributed by atoms with E-state index >= 15 is 0 Å². The van der Waals surface area contributed by atoms with Gasteiger partial charge in [-0.2, -0.15) is 0 Å². The lowest BCUT2D eigenvalue weighted by molar-refractivity contribution is -0.137. The Hall–Kier alpha value is -3.32. The van der Waals surface area contributed by atoms with Crippen molar-refractivity contribution in [3.63, 3.8) is 0 Å². The van der Waals surface area contributed by atoms with Crippen LogP contribution in [0.5, 0.6) is 11.5 Å². The van der Waals surface area contributed by atoms with Crippen LogP contribution in [0.3, 0.4) is 0 Å². The summed E-state index contributed by atoms with van der Waals surface area (Å²) in [4.78, 5) is 32.7. The van der Waals surface area contributed by atoms with Gasteiger partial charge < -0.3 is 19.3 Å². The van der Waals surface area contributed by atoms with Crippen molar-refractivity contribution in [1.82, 2.24) is 14.7 Å². The average molecular weight is 436 g/mol. The highest BCUT2D eigenvalue weighted by atomic mass is 16.5. The molecule has 0 bridgehead atoms. The van der Waals surface area contributed by atoms with Gasteiger partial charge in [-0.1, -0.05) is 36.4 Å². The van der Waals surface area contributed by atoms with Crippen LogP contribution in [0.1, 0.15) is 11.1 Å². The fourth-order valence-corrected chi connectivity index (χ4v) is 4.23. The van der Waals surface area contributed by atoms with Gasteiger partial charge in [0.25, 0.3) is 11.8 Å². The second kappa shape index (κ2) is 9.44. The average Bonchev–Trinajstić information content (AvgIpc) is 3.07. The van der Waals surface area contributed by atoms with Crippen LogP contribution < -0.4 is 9.47 Å². The largest absolute Gasteiger partial charge is 0.493 e. The zero-order chi connectivity index (χ0) is 22.7. The summed E-state index contributed by atoms with van der Waals surface area (Å²) in [5.74, 6) is 0.626. The van der Waals surface area contributed by atoms with E-state index in [0.29, 0.717) is 54.4 Å². The molecule has 1 fully saturated rings. The fraction of sp³-hybridized carbons (Fsp3) is 0.360. The Bertz CT molecular complexity index is 1030. The fourth-order valence-electron chi connectivity index (χ4n) is 4.23. The third-order valence-electron chi connectivity index (χ3n) is 6.10. The van der Waals surface area contributed by atoms with Crippen LogP contribution in [0, 0.1) is 0 Å². The molecule has 2 aliphatic rings. The number of hydrogen-bond donors (Lipinski definition) is 0. The monoisotopic (exact) mass is 435 g/mol. The Kier molecular flexibility index (Phi) is 6.46. The van der Waals surface area contributed by atoms with Crippen LogP contribution in [0.25, 0.3) is 5.57 Å². The van der Waals surface area contributed by atoms with E-state index in [1.54, 1.807) is 26.4 Å². The van der Waals surface area contributed by atoms with Crippen LogP contribution in [0.15, 0.2) is 54.2 Å². The lowest BCUT2D eigenvalue weighted by Gasteiger charge is -2.34. The minimum atomic E-state index is -0.257. The molecule has 0 spiro atoms. The van der Waals surface area contributed by atoms with Crippen molar-refractivity contribution in [2.45, 2.75) is 6.42 Å². The lowest BCUT2D eigenvalue weighted by Crippen LogP contribution is -2.46. The highest BCUT2D eigenvalue weighted by Crippen LogP contribution is 2.36. The van der Waals surface area contributed by atoms with E-state index in [0.717, 1.165) is 18.7 Å². The molecule has 32 heavy (non-hydrogen) atoms. The predicted octanol–water partition coefficient (Wildman–Crippen LogP) is 2.27. The first-order chi connectivity index (χ1) is 15.5. The zero-order valence-electron chi connectivity index (χ0n) is 18.8. The highest BCUT2D eigenvalue weighted by Gasteiger charge is 2.42. The van der Waals surface area contributed by atoms with Crippen LogP contribution >= 0.6 is 0 Å². The maximum atomic E-state index is 13.5. The number of piperazine rings is 1. The van der Waals surface area contributed by atoms with Crippen LogP contribution in [-0.2, 0) is 16.0 Å². The number of imide groups is 1. The summed E-state index contributed by atoms with van der Waals surface area (Å²) < 4.78 is 10.8. The Morgan fingerprint density at radius 1 is 0.844 bits per heavy atom. The van der Waals surface area contributed by atoms with Crippen LogP contribution in [-0.4, -0.2) is 80.5 Å². The Morgan fingerprint density at radius 3 is 2.19 bits per heavy atom. The van der Waals surface area contributed by atoms with Crippen LogP contribution in [0.4, 0.5) is 0 Å². The molecule has 2 heterocycles. The minimum absolute atomic E-state index is 0.222. The van der Waals surface area contributed by atoms with Gasteiger partial charge in [0.15, 0.2) is 11.5 Å². The molecule has 0 saturated carbocycles. The number of likely N-dealkylation sites (N-methyl/N-ethyl adjacent to an activating group) is 1. The van der Waals surface area contributed by atoms with Gasteiger partial charge in [-0.3, -0.25) is 14.5 Å². The molecule has 2 aromatic rings. The van der Waals surface area contributed by atoms with Crippen molar-refractivity contribution in [3.8, 4) is 11.5 Å². The molecular weight excluding hydrogens is 406 g/mol. The third kappa shape index (κ3) is 4.21. The van der Waals surface area contributed by atoms with Gasteiger partial charge in [-0.25, -0.2) is 0 Å². The molecule has 2 amide bonds. The van der Waals surface area contributed by atoms with Gasteiger partial charge in [0.1, 0.15) is 5.70 Å². The Morgan fingerprint density at radius 2 is 1.53 bits per heavy atom. The summed E-state index contributed by atoms with van der Waals surface area (Å²) in [6, 6.07) is 15.3. The molecule has 0 atom stereocenters. The summed E-state index contributed by atoms with van der Waals surface area (Å²) in [6.45, 7) is 3.43. The number of hydrogen-bond acceptors (Lipinski definition) is 6. The Balaban J connectivity index is 1.69. The van der Waals surface area contributed by atoms with E-state index in [1.165, 1.54) is 4.90 Å². The van der Waals surface area contributed by atoms with Gasteiger partial charge in [0.05, 0.1) is 19.8 Å². The summed E-state index contributed by atoms with van der Waals surface area (Å²) in [7, 11) is 5.20. The van der Waals surface area contributed by atoms with Crippen LogP contribution in [0.2, 0.25) is 0 Å². The number of methoxy groups -OCH3 is 2. The second-order valence-corrected chi connectivity index (χ2v) is 8.08. The van der Waals surface area contributed by atoms with E-state index in [4.69, 9.17) is 9.47 Å². The number of ether oxygens (including phenoxy) is 2. The number of carbonyl (C=O) groups is 2. The molecule has 0 unspecified atom stereocenters. The first-order valence-electron chi connectivity index (χ1n) is 10.8. The smallest absolute Gasteiger partial charge is 0.277 e. The molecule has 0 radical (unpaired) electrons. The van der Waals surface area contributed by atoms with E-state index in [9.17, 15) is 9.59 Å². The first-order valence-corrected chi connectivity index (χ1v) is 10.8. The molecule has 0 aromatic heterocycles. The van der Waals surface area contributed by atoms with E-state index in [-0.39, 0.29) is 11.8 Å². The minimum Gasteiger partial charge on any atom is -0.493 e. The lowest BCUT2D eigenvalue weighted by atomic mass is 10.0. The molecule has 7 heteroatoms. The van der Waals surface area contributed by atoms with Crippen molar-refractivity contribution >= 4 is 17.4 Å². The number of rotatable bonds is 7. The molecule has 0 N–H and O–H groups in total. The molecule has 0 aliphatic carbocycles. The molecule has 1 saturated heterocycles. The van der Waals surface area contributed by atoms with E-state index in [2.05, 4.69) is 16.8 Å².